The lowest BCUT2D eigenvalue weighted by Gasteiger charge is -2.07. The molecule has 3 nitrogen and oxygen atoms in total. The first-order chi connectivity index (χ1) is 7.25. The Morgan fingerprint density at radius 1 is 1.40 bits per heavy atom. The van der Waals surface area contributed by atoms with E-state index in [1.165, 1.54) is 6.07 Å². The molecule has 1 aromatic carbocycles. The van der Waals surface area contributed by atoms with Gasteiger partial charge >= 0.3 is 0 Å². The molecule has 0 spiro atoms. The van der Waals surface area contributed by atoms with Crippen LogP contribution in [0.4, 0.5) is 4.39 Å². The van der Waals surface area contributed by atoms with Crippen molar-refractivity contribution in [3.8, 4) is 0 Å². The molecule has 1 rings (SSSR count). The molecule has 1 N–H and O–H groups in total. The number of ether oxygens (including phenoxy) is 1. The van der Waals surface area contributed by atoms with E-state index in [0.29, 0.717) is 25.3 Å². The van der Waals surface area contributed by atoms with Gasteiger partial charge in [-0.1, -0.05) is 23.7 Å². The molecule has 15 heavy (non-hydrogen) atoms. The summed E-state index contributed by atoms with van der Waals surface area (Å²) in [5.74, 6) is -0.423. The van der Waals surface area contributed by atoms with Gasteiger partial charge in [0, 0.05) is 13.7 Å². The molecule has 0 saturated heterocycles. The molecule has 0 aliphatic heterocycles. The SMILES string of the molecule is COCCONCc1cccc(F)c1Cl. The van der Waals surface area contributed by atoms with E-state index < -0.39 is 5.82 Å². The molecule has 0 amide bonds. The number of rotatable bonds is 6. The Morgan fingerprint density at radius 3 is 2.93 bits per heavy atom. The highest BCUT2D eigenvalue weighted by Crippen LogP contribution is 2.19. The van der Waals surface area contributed by atoms with E-state index >= 15 is 0 Å². The maximum absolute atomic E-state index is 13.0. The lowest BCUT2D eigenvalue weighted by Crippen LogP contribution is -2.17. The van der Waals surface area contributed by atoms with Crippen LogP contribution < -0.4 is 5.48 Å². The zero-order chi connectivity index (χ0) is 11.1. The predicted molar refractivity (Wildman–Crippen MR) is 56.1 cm³/mol. The fourth-order valence-electron chi connectivity index (χ4n) is 1.01. The quantitative estimate of drug-likeness (QED) is 0.603. The van der Waals surface area contributed by atoms with Gasteiger partial charge in [-0.25, -0.2) is 4.39 Å². The van der Waals surface area contributed by atoms with Crippen LogP contribution in [0.3, 0.4) is 0 Å². The van der Waals surface area contributed by atoms with Crippen molar-refractivity contribution in [3.63, 3.8) is 0 Å². The molecule has 0 aliphatic rings. The van der Waals surface area contributed by atoms with Crippen molar-refractivity contribution in [2.75, 3.05) is 20.3 Å². The molecule has 0 fully saturated rings. The van der Waals surface area contributed by atoms with E-state index in [-0.39, 0.29) is 5.02 Å². The molecule has 5 heteroatoms. The molecule has 1 aromatic rings. The van der Waals surface area contributed by atoms with E-state index in [4.69, 9.17) is 21.2 Å². The second-order valence-electron chi connectivity index (χ2n) is 2.88. The lowest BCUT2D eigenvalue weighted by atomic mass is 10.2. The summed E-state index contributed by atoms with van der Waals surface area (Å²) in [5.41, 5.74) is 3.33. The molecule has 0 atom stereocenters. The van der Waals surface area contributed by atoms with Crippen LogP contribution in [-0.2, 0) is 16.1 Å². The Balaban J connectivity index is 2.34. The topological polar surface area (TPSA) is 30.5 Å². The van der Waals surface area contributed by atoms with Crippen molar-refractivity contribution in [1.29, 1.82) is 0 Å². The van der Waals surface area contributed by atoms with Gasteiger partial charge in [0.15, 0.2) is 0 Å². The first-order valence-corrected chi connectivity index (χ1v) is 4.90. The molecular weight excluding hydrogens is 221 g/mol. The van der Waals surface area contributed by atoms with Crippen LogP contribution in [-0.4, -0.2) is 20.3 Å². The smallest absolute Gasteiger partial charge is 0.142 e. The Bertz CT molecular complexity index is 309. The van der Waals surface area contributed by atoms with Crippen molar-refractivity contribution >= 4 is 11.6 Å². The van der Waals surface area contributed by atoms with Crippen molar-refractivity contribution in [1.82, 2.24) is 5.48 Å². The minimum atomic E-state index is -0.423. The summed E-state index contributed by atoms with van der Waals surface area (Å²) in [7, 11) is 1.59. The molecule has 0 radical (unpaired) electrons. The van der Waals surface area contributed by atoms with E-state index in [1.54, 1.807) is 19.2 Å². The molecule has 84 valence electrons. The van der Waals surface area contributed by atoms with Crippen LogP contribution in [0.15, 0.2) is 18.2 Å². The molecule has 0 heterocycles. The lowest BCUT2D eigenvalue weighted by molar-refractivity contribution is 0.00345. The standard InChI is InChI=1S/C10H13ClFNO2/c1-14-5-6-15-13-7-8-3-2-4-9(12)10(8)11/h2-4,13H,5-7H2,1H3. The summed E-state index contributed by atoms with van der Waals surface area (Å²) < 4.78 is 17.8. The third kappa shape index (κ3) is 4.13. The summed E-state index contributed by atoms with van der Waals surface area (Å²) in [5, 5.41) is 0.125. The highest BCUT2D eigenvalue weighted by molar-refractivity contribution is 6.31. The van der Waals surface area contributed by atoms with Crippen LogP contribution in [0.2, 0.25) is 5.02 Å². The summed E-state index contributed by atoms with van der Waals surface area (Å²) >= 11 is 5.74. The van der Waals surface area contributed by atoms with Crippen molar-refractivity contribution < 1.29 is 14.0 Å². The van der Waals surface area contributed by atoms with Gasteiger partial charge in [0.1, 0.15) is 5.82 Å². The number of hydrogen-bond donors (Lipinski definition) is 1. The Morgan fingerprint density at radius 2 is 2.20 bits per heavy atom. The third-order valence-electron chi connectivity index (χ3n) is 1.79. The largest absolute Gasteiger partial charge is 0.382 e. The van der Waals surface area contributed by atoms with Crippen molar-refractivity contribution in [2.45, 2.75) is 6.54 Å². The number of nitrogens with one attached hydrogen (secondary N) is 1. The predicted octanol–water partition coefficient (Wildman–Crippen LogP) is 2.15. The Kier molecular flexibility index (Phi) is 5.57. The summed E-state index contributed by atoms with van der Waals surface area (Å²) in [4.78, 5) is 5.02. The van der Waals surface area contributed by atoms with E-state index in [0.717, 1.165) is 0 Å². The van der Waals surface area contributed by atoms with Crippen molar-refractivity contribution in [2.24, 2.45) is 0 Å². The molecular formula is C10H13ClFNO2. The minimum Gasteiger partial charge on any atom is -0.382 e. The van der Waals surface area contributed by atoms with Gasteiger partial charge in [-0.15, -0.1) is 0 Å². The number of hydrogen-bond acceptors (Lipinski definition) is 3. The van der Waals surface area contributed by atoms with E-state index in [1.807, 2.05) is 0 Å². The maximum Gasteiger partial charge on any atom is 0.142 e. The van der Waals surface area contributed by atoms with Crippen LogP contribution >= 0.6 is 11.6 Å². The Labute approximate surface area is 93.1 Å². The van der Waals surface area contributed by atoms with E-state index in [2.05, 4.69) is 5.48 Å². The molecule has 0 unspecified atom stereocenters. The zero-order valence-corrected chi connectivity index (χ0v) is 9.18. The van der Waals surface area contributed by atoms with Crippen LogP contribution in [0.25, 0.3) is 0 Å². The average Bonchev–Trinajstić information content (AvgIpc) is 2.24. The van der Waals surface area contributed by atoms with Crippen LogP contribution in [0, 0.1) is 5.82 Å². The Hall–Kier alpha value is -0.680. The van der Waals surface area contributed by atoms with Crippen molar-refractivity contribution in [3.05, 3.63) is 34.6 Å². The number of halogens is 2. The van der Waals surface area contributed by atoms with Gasteiger partial charge < -0.3 is 4.74 Å². The highest BCUT2D eigenvalue weighted by Gasteiger charge is 2.04. The molecule has 0 aromatic heterocycles. The second-order valence-corrected chi connectivity index (χ2v) is 3.25. The van der Waals surface area contributed by atoms with Gasteiger partial charge in [-0.3, -0.25) is 4.84 Å². The van der Waals surface area contributed by atoms with Gasteiger partial charge in [0.05, 0.1) is 18.2 Å². The molecule has 0 aliphatic carbocycles. The normalized spacial score (nSPS) is 10.6. The van der Waals surface area contributed by atoms with Gasteiger partial charge in [0.2, 0.25) is 0 Å². The van der Waals surface area contributed by atoms with Gasteiger partial charge in [-0.2, -0.15) is 5.48 Å². The fraction of sp³-hybridized carbons (Fsp3) is 0.400. The average molecular weight is 234 g/mol. The first kappa shape index (κ1) is 12.4. The van der Waals surface area contributed by atoms with Crippen LogP contribution in [0.1, 0.15) is 5.56 Å². The highest BCUT2D eigenvalue weighted by atomic mass is 35.5. The third-order valence-corrected chi connectivity index (χ3v) is 2.21. The molecule has 0 bridgehead atoms. The van der Waals surface area contributed by atoms with Gasteiger partial charge in [0.25, 0.3) is 0 Å². The summed E-state index contributed by atoms with van der Waals surface area (Å²) in [6.07, 6.45) is 0. The number of methoxy groups -OCH3 is 1. The minimum absolute atomic E-state index is 0.125. The zero-order valence-electron chi connectivity index (χ0n) is 8.43. The van der Waals surface area contributed by atoms with Crippen LogP contribution in [0.5, 0.6) is 0 Å². The summed E-state index contributed by atoms with van der Waals surface area (Å²) in [6.45, 7) is 1.30. The van der Waals surface area contributed by atoms with Gasteiger partial charge in [-0.05, 0) is 11.6 Å². The fourth-order valence-corrected chi connectivity index (χ4v) is 1.20. The second kappa shape index (κ2) is 6.74. The molecule has 0 saturated carbocycles. The summed E-state index contributed by atoms with van der Waals surface area (Å²) in [6, 6.07) is 4.66. The first-order valence-electron chi connectivity index (χ1n) is 4.52. The number of hydroxylamine groups is 1. The van der Waals surface area contributed by atoms with E-state index in [9.17, 15) is 4.39 Å². The number of benzene rings is 1. The monoisotopic (exact) mass is 233 g/mol. The maximum atomic E-state index is 13.0.